The van der Waals surface area contributed by atoms with Crippen LogP contribution in [0, 0.1) is 6.92 Å². The van der Waals surface area contributed by atoms with Gasteiger partial charge in [0.15, 0.2) is 0 Å². The molecule has 2 saturated heterocycles. The van der Waals surface area contributed by atoms with Crippen LogP contribution in [0.25, 0.3) is 0 Å². The molecule has 0 amide bonds. The van der Waals surface area contributed by atoms with Crippen molar-refractivity contribution in [2.24, 2.45) is 0 Å². The van der Waals surface area contributed by atoms with Gasteiger partial charge in [-0.05, 0) is 49.6 Å². The summed E-state index contributed by atoms with van der Waals surface area (Å²) in [5.41, 5.74) is 2.14. The highest BCUT2D eigenvalue weighted by Crippen LogP contribution is 2.33. The molecule has 1 aromatic heterocycles. The number of ether oxygens (including phenoxy) is 2. The fraction of sp³-hybridized carbons (Fsp3) is 0.500. The van der Waals surface area contributed by atoms with Crippen LogP contribution in [0.5, 0.6) is 5.75 Å². The first-order valence-corrected chi connectivity index (χ1v) is 9.24. The molecular formula is C20H26N4O2. The van der Waals surface area contributed by atoms with Crippen LogP contribution < -0.4 is 14.5 Å². The van der Waals surface area contributed by atoms with Gasteiger partial charge in [-0.3, -0.25) is 0 Å². The van der Waals surface area contributed by atoms with E-state index in [0.717, 1.165) is 56.3 Å². The van der Waals surface area contributed by atoms with Gasteiger partial charge in [-0.2, -0.15) is 0 Å². The number of morpholine rings is 1. The van der Waals surface area contributed by atoms with E-state index in [1.165, 1.54) is 5.69 Å². The molecule has 1 aromatic carbocycles. The van der Waals surface area contributed by atoms with E-state index in [1.807, 2.05) is 31.5 Å². The third-order valence-electron chi connectivity index (χ3n) is 5.28. The van der Waals surface area contributed by atoms with Crippen LogP contribution in [-0.2, 0) is 4.74 Å². The van der Waals surface area contributed by atoms with Crippen LogP contribution in [0.3, 0.4) is 0 Å². The van der Waals surface area contributed by atoms with Crippen molar-refractivity contribution < 1.29 is 9.47 Å². The summed E-state index contributed by atoms with van der Waals surface area (Å²) >= 11 is 0. The molecule has 2 aromatic rings. The average Bonchev–Trinajstić information content (AvgIpc) is 2.69. The highest BCUT2D eigenvalue weighted by atomic mass is 16.5. The minimum absolute atomic E-state index is 0.162. The predicted octanol–water partition coefficient (Wildman–Crippen LogP) is 2.67. The maximum atomic E-state index is 6.31. The third-order valence-corrected chi connectivity index (χ3v) is 5.28. The molecule has 0 aliphatic carbocycles. The summed E-state index contributed by atoms with van der Waals surface area (Å²) < 4.78 is 11.6. The van der Waals surface area contributed by atoms with Crippen molar-refractivity contribution in [3.8, 4) is 5.75 Å². The number of hydrogen-bond acceptors (Lipinski definition) is 6. The Morgan fingerprint density at radius 1 is 1.04 bits per heavy atom. The molecule has 0 saturated carbocycles. The maximum absolute atomic E-state index is 6.31. The van der Waals surface area contributed by atoms with E-state index in [4.69, 9.17) is 9.47 Å². The smallest absolute Gasteiger partial charge is 0.225 e. The number of benzene rings is 1. The van der Waals surface area contributed by atoms with Crippen molar-refractivity contribution in [3.63, 3.8) is 0 Å². The predicted molar refractivity (Wildman–Crippen MR) is 102 cm³/mol. The summed E-state index contributed by atoms with van der Waals surface area (Å²) in [5, 5.41) is 0. The normalized spacial score (nSPS) is 23.3. The second-order valence-electron chi connectivity index (χ2n) is 7.24. The van der Waals surface area contributed by atoms with Crippen LogP contribution in [0.4, 0.5) is 11.6 Å². The Hall–Kier alpha value is -2.34. The fourth-order valence-electron chi connectivity index (χ4n) is 3.92. The first-order valence-electron chi connectivity index (χ1n) is 9.24. The Morgan fingerprint density at radius 3 is 2.50 bits per heavy atom. The van der Waals surface area contributed by atoms with Gasteiger partial charge in [-0.25, -0.2) is 9.97 Å². The largest absolute Gasteiger partial charge is 0.497 e. The van der Waals surface area contributed by atoms with Gasteiger partial charge in [0.25, 0.3) is 0 Å². The Kier molecular flexibility index (Phi) is 4.68. The number of nitrogens with zero attached hydrogens (tertiary/aromatic N) is 4. The lowest BCUT2D eigenvalue weighted by Gasteiger charge is -2.48. The van der Waals surface area contributed by atoms with Gasteiger partial charge in [0.2, 0.25) is 5.95 Å². The molecular weight excluding hydrogens is 328 g/mol. The zero-order chi connectivity index (χ0) is 18.0. The summed E-state index contributed by atoms with van der Waals surface area (Å²) in [7, 11) is 1.70. The van der Waals surface area contributed by atoms with Gasteiger partial charge in [0.1, 0.15) is 11.4 Å². The quantitative estimate of drug-likeness (QED) is 0.845. The second-order valence-corrected chi connectivity index (χ2v) is 7.24. The SMILES string of the molecule is COc1ccc(N2CCC[C@@]3(C2)CN(c2ncc(C)cn2)CCO3)cc1. The van der Waals surface area contributed by atoms with Gasteiger partial charge in [0, 0.05) is 37.7 Å². The van der Waals surface area contributed by atoms with Crippen LogP contribution >= 0.6 is 0 Å². The van der Waals surface area contributed by atoms with E-state index in [0.29, 0.717) is 6.61 Å². The van der Waals surface area contributed by atoms with Crippen LogP contribution in [0.2, 0.25) is 0 Å². The number of hydrogen-bond donors (Lipinski definition) is 0. The van der Waals surface area contributed by atoms with Crippen molar-refractivity contribution in [1.82, 2.24) is 9.97 Å². The number of aryl methyl sites for hydroxylation is 1. The number of piperidine rings is 1. The van der Waals surface area contributed by atoms with Gasteiger partial charge < -0.3 is 19.3 Å². The lowest BCUT2D eigenvalue weighted by Crippen LogP contribution is -2.60. The molecule has 1 atom stereocenters. The van der Waals surface area contributed by atoms with Gasteiger partial charge >= 0.3 is 0 Å². The lowest BCUT2D eigenvalue weighted by atomic mass is 9.90. The van der Waals surface area contributed by atoms with E-state index >= 15 is 0 Å². The van der Waals surface area contributed by atoms with Gasteiger partial charge in [-0.1, -0.05) is 0 Å². The maximum Gasteiger partial charge on any atom is 0.225 e. The number of anilines is 2. The molecule has 0 radical (unpaired) electrons. The summed E-state index contributed by atoms with van der Waals surface area (Å²) in [6, 6.07) is 8.29. The number of aromatic nitrogens is 2. The molecule has 1 spiro atoms. The Bertz CT molecular complexity index is 730. The molecule has 0 bridgehead atoms. The van der Waals surface area contributed by atoms with E-state index < -0.39 is 0 Å². The zero-order valence-electron chi connectivity index (χ0n) is 15.5. The lowest BCUT2D eigenvalue weighted by molar-refractivity contribution is -0.0632. The van der Waals surface area contributed by atoms with Crippen molar-refractivity contribution in [2.45, 2.75) is 25.4 Å². The van der Waals surface area contributed by atoms with Crippen LogP contribution in [0.15, 0.2) is 36.7 Å². The van der Waals surface area contributed by atoms with Crippen molar-refractivity contribution in [3.05, 3.63) is 42.2 Å². The number of methoxy groups -OCH3 is 1. The molecule has 2 aliphatic heterocycles. The van der Waals surface area contributed by atoms with E-state index in [-0.39, 0.29) is 5.60 Å². The highest BCUT2D eigenvalue weighted by molar-refractivity contribution is 5.50. The molecule has 0 N–H and O–H groups in total. The summed E-state index contributed by atoms with van der Waals surface area (Å²) in [6.07, 6.45) is 5.96. The van der Waals surface area contributed by atoms with Crippen molar-refractivity contribution in [1.29, 1.82) is 0 Å². The molecule has 2 aliphatic rings. The fourth-order valence-corrected chi connectivity index (χ4v) is 3.92. The van der Waals surface area contributed by atoms with Crippen molar-refractivity contribution >= 4 is 11.6 Å². The Labute approximate surface area is 154 Å². The molecule has 26 heavy (non-hydrogen) atoms. The molecule has 0 unspecified atom stereocenters. The van der Waals surface area contributed by atoms with E-state index in [9.17, 15) is 0 Å². The second kappa shape index (κ2) is 7.11. The molecule has 138 valence electrons. The highest BCUT2D eigenvalue weighted by Gasteiger charge is 2.41. The topological polar surface area (TPSA) is 50.7 Å². The molecule has 6 nitrogen and oxygen atoms in total. The molecule has 4 rings (SSSR count). The zero-order valence-corrected chi connectivity index (χ0v) is 15.5. The first kappa shape index (κ1) is 17.1. The minimum Gasteiger partial charge on any atom is -0.497 e. The van der Waals surface area contributed by atoms with Crippen molar-refractivity contribution in [2.75, 3.05) is 49.7 Å². The Morgan fingerprint density at radius 2 is 1.77 bits per heavy atom. The summed E-state index contributed by atoms with van der Waals surface area (Å²) in [6.45, 7) is 6.35. The van der Waals surface area contributed by atoms with Gasteiger partial charge in [-0.15, -0.1) is 0 Å². The van der Waals surface area contributed by atoms with Crippen LogP contribution in [-0.4, -0.2) is 55.5 Å². The third kappa shape index (κ3) is 3.46. The minimum atomic E-state index is -0.162. The molecule has 2 fully saturated rings. The standard InChI is InChI=1S/C20H26N4O2/c1-16-12-21-19(22-13-16)24-10-11-26-20(15-24)8-3-9-23(14-20)17-4-6-18(25-2)7-5-17/h4-7,12-13H,3,8-11,14-15H2,1-2H3/t20-/m1/s1. The average molecular weight is 354 g/mol. The van der Waals surface area contributed by atoms with E-state index in [1.54, 1.807) is 7.11 Å². The number of rotatable bonds is 3. The van der Waals surface area contributed by atoms with E-state index in [2.05, 4.69) is 31.9 Å². The first-order chi connectivity index (χ1) is 12.7. The van der Waals surface area contributed by atoms with Gasteiger partial charge in [0.05, 0.1) is 20.3 Å². The molecule has 6 heteroatoms. The monoisotopic (exact) mass is 354 g/mol. The van der Waals surface area contributed by atoms with Crippen LogP contribution in [0.1, 0.15) is 18.4 Å². The summed E-state index contributed by atoms with van der Waals surface area (Å²) in [5.74, 6) is 1.69. The molecule has 3 heterocycles. The Balaban J connectivity index is 1.50. The summed E-state index contributed by atoms with van der Waals surface area (Å²) in [4.78, 5) is 13.7.